The van der Waals surface area contributed by atoms with Gasteiger partial charge in [-0.3, -0.25) is 14.9 Å². The van der Waals surface area contributed by atoms with Crippen LogP contribution in [0.2, 0.25) is 5.02 Å². The van der Waals surface area contributed by atoms with E-state index in [1.165, 1.54) is 11.3 Å². The number of benzene rings is 1. The molecule has 0 saturated carbocycles. The number of alkyl halides is 2. The maximum Gasteiger partial charge on any atom is 0.259 e. The molecule has 0 spiro atoms. The van der Waals surface area contributed by atoms with Gasteiger partial charge in [-0.1, -0.05) is 46.1 Å². The molecule has 2 aromatic rings. The van der Waals surface area contributed by atoms with Gasteiger partial charge in [0.25, 0.3) is 5.91 Å². The first-order chi connectivity index (χ1) is 11.4. The molecular formula is C14H11Cl3N4O2S. The first kappa shape index (κ1) is 17.4. The molecule has 2 heterocycles. The second kappa shape index (κ2) is 7.23. The topological polar surface area (TPSA) is 75.2 Å². The van der Waals surface area contributed by atoms with Crippen molar-refractivity contribution in [1.82, 2.24) is 10.2 Å². The molecule has 1 fully saturated rings. The number of aromatic nitrogens is 2. The lowest BCUT2D eigenvalue weighted by atomic mass is 10.1. The van der Waals surface area contributed by atoms with Crippen LogP contribution in [0.1, 0.15) is 17.3 Å². The minimum Gasteiger partial charge on any atom is -0.312 e. The molecule has 0 aliphatic carbocycles. The van der Waals surface area contributed by atoms with Crippen molar-refractivity contribution < 1.29 is 9.59 Å². The number of rotatable bonds is 4. The van der Waals surface area contributed by atoms with Crippen LogP contribution in [-0.2, 0) is 9.59 Å². The molecule has 2 amide bonds. The predicted octanol–water partition coefficient (Wildman–Crippen LogP) is 3.45. The Morgan fingerprint density at radius 2 is 2.00 bits per heavy atom. The zero-order valence-corrected chi connectivity index (χ0v) is 15.2. The molecular weight excluding hydrogens is 395 g/mol. The van der Waals surface area contributed by atoms with E-state index in [1.807, 2.05) is 0 Å². The van der Waals surface area contributed by atoms with Crippen LogP contribution in [0.4, 0.5) is 10.8 Å². The summed E-state index contributed by atoms with van der Waals surface area (Å²) in [6, 6.07) is 7.08. The highest BCUT2D eigenvalue weighted by Crippen LogP contribution is 2.34. The molecule has 126 valence electrons. The number of halogens is 3. The highest BCUT2D eigenvalue weighted by molar-refractivity contribution is 7.15. The van der Waals surface area contributed by atoms with Gasteiger partial charge < -0.3 is 4.90 Å². The largest absolute Gasteiger partial charge is 0.312 e. The molecule has 3 rings (SSSR count). The highest BCUT2D eigenvalue weighted by Gasteiger charge is 2.34. The number of hydrogen-bond donors (Lipinski definition) is 1. The minimum absolute atomic E-state index is 0.00434. The van der Waals surface area contributed by atoms with E-state index in [0.717, 1.165) is 5.69 Å². The van der Waals surface area contributed by atoms with E-state index in [2.05, 4.69) is 15.5 Å². The Hall–Kier alpha value is -1.41. The van der Waals surface area contributed by atoms with Gasteiger partial charge in [0.1, 0.15) is 5.01 Å². The normalized spacial score (nSPS) is 17.6. The highest BCUT2D eigenvalue weighted by atomic mass is 35.5. The molecule has 0 bridgehead atoms. The molecule has 1 N–H and O–H groups in total. The average Bonchev–Trinajstić information content (AvgIpc) is 3.15. The second-order valence-corrected chi connectivity index (χ2v) is 7.66. The second-order valence-electron chi connectivity index (χ2n) is 5.12. The van der Waals surface area contributed by atoms with Gasteiger partial charge in [0, 0.05) is 29.6 Å². The third-order valence-electron chi connectivity index (χ3n) is 3.48. The van der Waals surface area contributed by atoms with Crippen molar-refractivity contribution in [2.45, 2.75) is 17.2 Å². The molecule has 1 aliphatic heterocycles. The summed E-state index contributed by atoms with van der Waals surface area (Å²) in [5.41, 5.74) is 0.789. The lowest BCUT2D eigenvalue weighted by molar-refractivity contribution is -0.117. The van der Waals surface area contributed by atoms with Crippen LogP contribution in [-0.4, -0.2) is 33.4 Å². The Balaban J connectivity index is 1.71. The van der Waals surface area contributed by atoms with Gasteiger partial charge in [0.05, 0.1) is 0 Å². The summed E-state index contributed by atoms with van der Waals surface area (Å²) in [5, 5.41) is 12.0. The third kappa shape index (κ3) is 3.80. The summed E-state index contributed by atoms with van der Waals surface area (Å²) in [6.45, 7) is 0.497. The van der Waals surface area contributed by atoms with E-state index in [9.17, 15) is 9.59 Å². The summed E-state index contributed by atoms with van der Waals surface area (Å²) in [6.07, 6.45) is 0.332. The molecule has 1 unspecified atom stereocenters. The number of nitrogens with zero attached hydrogens (tertiary/aromatic N) is 3. The summed E-state index contributed by atoms with van der Waals surface area (Å²) in [4.78, 5) is 24.2. The van der Waals surface area contributed by atoms with Gasteiger partial charge in [-0.05, 0) is 24.3 Å². The first-order valence-corrected chi connectivity index (χ1v) is 8.99. The van der Waals surface area contributed by atoms with Crippen LogP contribution in [0.5, 0.6) is 0 Å². The lowest BCUT2D eigenvalue weighted by Crippen LogP contribution is -2.24. The number of hydrogen-bond acceptors (Lipinski definition) is 5. The van der Waals surface area contributed by atoms with E-state index < -0.39 is 10.7 Å². The van der Waals surface area contributed by atoms with Crippen LogP contribution in [0.25, 0.3) is 0 Å². The zero-order valence-electron chi connectivity index (χ0n) is 12.1. The molecule has 6 nitrogen and oxygen atoms in total. The smallest absolute Gasteiger partial charge is 0.259 e. The van der Waals surface area contributed by atoms with E-state index in [1.54, 1.807) is 29.2 Å². The summed E-state index contributed by atoms with van der Waals surface area (Å²) in [5.74, 6) is -0.643. The zero-order chi connectivity index (χ0) is 17.3. The molecule has 1 aromatic heterocycles. The predicted molar refractivity (Wildman–Crippen MR) is 95.2 cm³/mol. The van der Waals surface area contributed by atoms with E-state index >= 15 is 0 Å². The quantitative estimate of drug-likeness (QED) is 0.791. The van der Waals surface area contributed by atoms with E-state index in [4.69, 9.17) is 34.8 Å². The van der Waals surface area contributed by atoms with Crippen molar-refractivity contribution in [1.29, 1.82) is 0 Å². The maximum absolute atomic E-state index is 12.3. The monoisotopic (exact) mass is 404 g/mol. The Labute approximate surface area is 156 Å². The molecule has 0 radical (unpaired) electrons. The van der Waals surface area contributed by atoms with E-state index in [-0.39, 0.29) is 11.8 Å². The van der Waals surface area contributed by atoms with Crippen molar-refractivity contribution in [3.8, 4) is 0 Å². The fourth-order valence-electron chi connectivity index (χ4n) is 2.35. The van der Waals surface area contributed by atoms with Crippen LogP contribution < -0.4 is 10.2 Å². The molecule has 1 aliphatic rings. The fraction of sp³-hybridized carbons (Fsp3) is 0.286. The van der Waals surface area contributed by atoms with Crippen molar-refractivity contribution >= 4 is 68.8 Å². The number of amides is 2. The Morgan fingerprint density at radius 3 is 2.67 bits per heavy atom. The van der Waals surface area contributed by atoms with Gasteiger partial charge in [0.15, 0.2) is 4.84 Å². The molecule has 24 heavy (non-hydrogen) atoms. The molecule has 1 aromatic carbocycles. The Bertz CT molecular complexity index is 766. The van der Waals surface area contributed by atoms with Crippen LogP contribution in [0, 0.1) is 0 Å². The van der Waals surface area contributed by atoms with Gasteiger partial charge in [-0.25, -0.2) is 0 Å². The fourth-order valence-corrected chi connectivity index (χ4v) is 3.43. The third-order valence-corrected chi connectivity index (χ3v) is 5.13. The van der Waals surface area contributed by atoms with Crippen molar-refractivity contribution in [2.24, 2.45) is 0 Å². The number of nitrogens with one attached hydrogen (secondary N) is 1. The van der Waals surface area contributed by atoms with Crippen molar-refractivity contribution in [2.75, 3.05) is 16.8 Å². The Morgan fingerprint density at radius 1 is 1.29 bits per heavy atom. The van der Waals surface area contributed by atoms with Crippen LogP contribution in [0.3, 0.4) is 0 Å². The van der Waals surface area contributed by atoms with Gasteiger partial charge in [0.2, 0.25) is 11.0 Å². The minimum atomic E-state index is -1.18. The summed E-state index contributed by atoms with van der Waals surface area (Å²) >= 11 is 18.0. The molecule has 1 saturated heterocycles. The first-order valence-electron chi connectivity index (χ1n) is 6.92. The van der Waals surface area contributed by atoms with Gasteiger partial charge >= 0.3 is 0 Å². The SMILES string of the molecule is O=C(Nc1nnc(C2CC(=O)N(c3ccc(Cl)cc3)C2)s1)C(Cl)Cl. The molecule has 10 heteroatoms. The number of carbonyl (C=O) groups excluding carboxylic acids is 2. The van der Waals surface area contributed by atoms with Gasteiger partial charge in [-0.15, -0.1) is 10.2 Å². The van der Waals surface area contributed by atoms with Crippen LogP contribution in [0.15, 0.2) is 24.3 Å². The maximum atomic E-state index is 12.3. The number of anilines is 2. The summed E-state index contributed by atoms with van der Waals surface area (Å²) in [7, 11) is 0. The standard InChI is InChI=1S/C14H11Cl3N4O2S/c15-8-1-3-9(4-2-8)21-6-7(5-10(21)22)13-19-20-14(24-13)18-12(23)11(16)17/h1-4,7,11H,5-6H2,(H,18,20,23). The van der Waals surface area contributed by atoms with Gasteiger partial charge in [-0.2, -0.15) is 0 Å². The van der Waals surface area contributed by atoms with Crippen LogP contribution >= 0.6 is 46.1 Å². The number of carbonyl (C=O) groups is 2. The van der Waals surface area contributed by atoms with Crippen molar-refractivity contribution in [3.05, 3.63) is 34.3 Å². The molecule has 1 atom stereocenters. The van der Waals surface area contributed by atoms with E-state index in [0.29, 0.717) is 28.1 Å². The summed E-state index contributed by atoms with van der Waals surface area (Å²) < 4.78 is 0. The lowest BCUT2D eigenvalue weighted by Gasteiger charge is -2.16. The Kier molecular flexibility index (Phi) is 5.24. The average molecular weight is 406 g/mol. The van der Waals surface area contributed by atoms with Crippen molar-refractivity contribution in [3.63, 3.8) is 0 Å².